The molecular weight excluding hydrogens is 212 g/mol. The molecule has 80 valence electrons. The number of hydrogen-bond acceptors (Lipinski definition) is 4. The fourth-order valence-electron chi connectivity index (χ4n) is 1.36. The Morgan fingerprint density at radius 3 is 3.20 bits per heavy atom. The summed E-state index contributed by atoms with van der Waals surface area (Å²) in [7, 11) is 1.83. The van der Waals surface area contributed by atoms with Gasteiger partial charge >= 0.3 is 5.69 Å². The van der Waals surface area contributed by atoms with Crippen LogP contribution in [0, 0.1) is 0 Å². The zero-order chi connectivity index (χ0) is 10.7. The SMILES string of the molecule is CNCc1n[nH]c(=O)n1Cc1cccs1. The van der Waals surface area contributed by atoms with Gasteiger partial charge in [-0.15, -0.1) is 11.3 Å². The van der Waals surface area contributed by atoms with Crippen LogP contribution in [0.5, 0.6) is 0 Å². The van der Waals surface area contributed by atoms with Gasteiger partial charge in [-0.2, -0.15) is 5.10 Å². The molecule has 0 bridgehead atoms. The summed E-state index contributed by atoms with van der Waals surface area (Å²) in [5.74, 6) is 0.732. The highest BCUT2D eigenvalue weighted by molar-refractivity contribution is 7.09. The molecule has 6 heteroatoms. The number of hydrogen-bond donors (Lipinski definition) is 2. The van der Waals surface area contributed by atoms with Crippen LogP contribution in [0.4, 0.5) is 0 Å². The lowest BCUT2D eigenvalue weighted by Gasteiger charge is -2.02. The van der Waals surface area contributed by atoms with Gasteiger partial charge in [0.1, 0.15) is 5.82 Å². The summed E-state index contributed by atoms with van der Waals surface area (Å²) < 4.78 is 1.64. The van der Waals surface area contributed by atoms with Crippen molar-refractivity contribution < 1.29 is 0 Å². The summed E-state index contributed by atoms with van der Waals surface area (Å²) in [5, 5.41) is 11.4. The van der Waals surface area contributed by atoms with Crippen molar-refractivity contribution in [2.24, 2.45) is 0 Å². The molecular formula is C9H12N4OS. The standard InChI is InChI=1S/C9H12N4OS/c1-10-5-8-11-12-9(14)13(8)6-7-3-2-4-15-7/h2-4,10H,5-6H2,1H3,(H,12,14). The molecule has 0 unspecified atom stereocenters. The van der Waals surface area contributed by atoms with Gasteiger partial charge in [0.05, 0.1) is 13.1 Å². The van der Waals surface area contributed by atoms with E-state index in [1.165, 1.54) is 0 Å². The Kier molecular flexibility index (Phi) is 2.98. The maximum atomic E-state index is 11.5. The molecule has 0 aliphatic heterocycles. The van der Waals surface area contributed by atoms with Crippen LogP contribution in [0.15, 0.2) is 22.3 Å². The Labute approximate surface area is 90.8 Å². The number of thiophene rings is 1. The second-order valence-electron chi connectivity index (χ2n) is 3.14. The average Bonchev–Trinajstić information content (AvgIpc) is 2.83. The average molecular weight is 224 g/mol. The van der Waals surface area contributed by atoms with Gasteiger partial charge in [-0.05, 0) is 18.5 Å². The van der Waals surface area contributed by atoms with E-state index in [0.717, 1.165) is 10.7 Å². The van der Waals surface area contributed by atoms with Crippen LogP contribution in [0.1, 0.15) is 10.7 Å². The molecule has 0 saturated carbocycles. The third-order valence-electron chi connectivity index (χ3n) is 2.07. The molecule has 2 rings (SSSR count). The lowest BCUT2D eigenvalue weighted by molar-refractivity contribution is 0.665. The van der Waals surface area contributed by atoms with Crippen molar-refractivity contribution in [2.75, 3.05) is 7.05 Å². The highest BCUT2D eigenvalue weighted by atomic mass is 32.1. The van der Waals surface area contributed by atoms with E-state index in [-0.39, 0.29) is 5.69 Å². The maximum absolute atomic E-state index is 11.5. The molecule has 2 aromatic heterocycles. The fourth-order valence-corrected chi connectivity index (χ4v) is 2.06. The number of rotatable bonds is 4. The smallest absolute Gasteiger partial charge is 0.313 e. The molecule has 2 N–H and O–H groups in total. The van der Waals surface area contributed by atoms with Gasteiger partial charge < -0.3 is 5.32 Å². The number of nitrogens with zero attached hydrogens (tertiary/aromatic N) is 2. The Balaban J connectivity index is 2.26. The zero-order valence-corrected chi connectivity index (χ0v) is 9.17. The summed E-state index contributed by atoms with van der Waals surface area (Å²) >= 11 is 1.63. The minimum absolute atomic E-state index is 0.159. The van der Waals surface area contributed by atoms with E-state index < -0.39 is 0 Å². The Bertz CT molecular complexity index is 471. The number of H-pyrrole nitrogens is 1. The Morgan fingerprint density at radius 1 is 1.67 bits per heavy atom. The third-order valence-corrected chi connectivity index (χ3v) is 2.93. The molecule has 0 aliphatic carbocycles. The fraction of sp³-hybridized carbons (Fsp3) is 0.333. The summed E-state index contributed by atoms with van der Waals surface area (Å²) in [6.07, 6.45) is 0. The first-order chi connectivity index (χ1) is 7.31. The first-order valence-corrected chi connectivity index (χ1v) is 5.50. The predicted molar refractivity (Wildman–Crippen MR) is 59.0 cm³/mol. The van der Waals surface area contributed by atoms with E-state index in [0.29, 0.717) is 13.1 Å². The molecule has 5 nitrogen and oxygen atoms in total. The summed E-state index contributed by atoms with van der Waals surface area (Å²) in [6, 6.07) is 3.98. The van der Waals surface area contributed by atoms with Gasteiger partial charge in [0.25, 0.3) is 0 Å². The van der Waals surface area contributed by atoms with Crippen LogP contribution in [0.25, 0.3) is 0 Å². The van der Waals surface area contributed by atoms with E-state index >= 15 is 0 Å². The molecule has 0 saturated heterocycles. The molecule has 0 fully saturated rings. The molecule has 0 spiro atoms. The normalized spacial score (nSPS) is 10.7. The van der Waals surface area contributed by atoms with Gasteiger partial charge in [-0.3, -0.25) is 4.57 Å². The zero-order valence-electron chi connectivity index (χ0n) is 8.36. The largest absolute Gasteiger partial charge is 0.343 e. The monoisotopic (exact) mass is 224 g/mol. The van der Waals surface area contributed by atoms with Crippen molar-refractivity contribution in [1.29, 1.82) is 0 Å². The first kappa shape index (κ1) is 10.1. The van der Waals surface area contributed by atoms with Crippen LogP contribution >= 0.6 is 11.3 Å². The van der Waals surface area contributed by atoms with Crippen molar-refractivity contribution in [2.45, 2.75) is 13.1 Å². The van der Waals surface area contributed by atoms with E-state index in [9.17, 15) is 4.79 Å². The van der Waals surface area contributed by atoms with Crippen molar-refractivity contribution in [3.8, 4) is 0 Å². The molecule has 0 aromatic carbocycles. The van der Waals surface area contributed by atoms with Crippen LogP contribution in [-0.4, -0.2) is 21.8 Å². The second kappa shape index (κ2) is 4.41. The minimum atomic E-state index is -0.159. The van der Waals surface area contributed by atoms with Crippen molar-refractivity contribution in [1.82, 2.24) is 20.1 Å². The van der Waals surface area contributed by atoms with Gasteiger partial charge in [0.15, 0.2) is 0 Å². The molecule has 0 atom stereocenters. The lowest BCUT2D eigenvalue weighted by Crippen LogP contribution is -2.21. The molecule has 0 radical (unpaired) electrons. The Morgan fingerprint density at radius 2 is 2.53 bits per heavy atom. The van der Waals surface area contributed by atoms with Crippen LogP contribution < -0.4 is 11.0 Å². The summed E-state index contributed by atoms with van der Waals surface area (Å²) in [6.45, 7) is 1.17. The topological polar surface area (TPSA) is 62.7 Å². The minimum Gasteiger partial charge on any atom is -0.313 e. The quantitative estimate of drug-likeness (QED) is 0.790. The lowest BCUT2D eigenvalue weighted by atomic mass is 10.4. The molecule has 2 aromatic rings. The van der Waals surface area contributed by atoms with Crippen molar-refractivity contribution >= 4 is 11.3 Å². The first-order valence-electron chi connectivity index (χ1n) is 4.62. The number of aromatic amines is 1. The van der Waals surface area contributed by atoms with Crippen molar-refractivity contribution in [3.05, 3.63) is 38.7 Å². The third kappa shape index (κ3) is 2.16. The van der Waals surface area contributed by atoms with E-state index in [2.05, 4.69) is 15.5 Å². The van der Waals surface area contributed by atoms with E-state index in [1.54, 1.807) is 15.9 Å². The van der Waals surface area contributed by atoms with E-state index in [4.69, 9.17) is 0 Å². The molecule has 0 amide bonds. The van der Waals surface area contributed by atoms with Gasteiger partial charge in [0.2, 0.25) is 0 Å². The predicted octanol–water partition coefficient (Wildman–Crippen LogP) is 0.401. The summed E-state index contributed by atoms with van der Waals surface area (Å²) in [5.41, 5.74) is -0.159. The highest BCUT2D eigenvalue weighted by Gasteiger charge is 2.07. The molecule has 2 heterocycles. The van der Waals surface area contributed by atoms with Crippen LogP contribution in [-0.2, 0) is 13.1 Å². The number of nitrogens with one attached hydrogen (secondary N) is 2. The maximum Gasteiger partial charge on any atom is 0.343 e. The molecule has 0 aliphatic rings. The van der Waals surface area contributed by atoms with Gasteiger partial charge in [0, 0.05) is 4.88 Å². The number of aromatic nitrogens is 3. The van der Waals surface area contributed by atoms with Crippen molar-refractivity contribution in [3.63, 3.8) is 0 Å². The van der Waals surface area contributed by atoms with E-state index in [1.807, 2.05) is 24.6 Å². The second-order valence-corrected chi connectivity index (χ2v) is 4.17. The molecule has 15 heavy (non-hydrogen) atoms. The van der Waals surface area contributed by atoms with Gasteiger partial charge in [-0.25, -0.2) is 9.89 Å². The summed E-state index contributed by atoms with van der Waals surface area (Å²) in [4.78, 5) is 12.6. The highest BCUT2D eigenvalue weighted by Crippen LogP contribution is 2.09. The van der Waals surface area contributed by atoms with Crippen LogP contribution in [0.2, 0.25) is 0 Å². The Hall–Kier alpha value is -1.40. The van der Waals surface area contributed by atoms with Crippen LogP contribution in [0.3, 0.4) is 0 Å². The van der Waals surface area contributed by atoms with Gasteiger partial charge in [-0.1, -0.05) is 6.07 Å².